The van der Waals surface area contributed by atoms with Crippen LogP contribution in [0.5, 0.6) is 0 Å². The molecule has 0 unspecified atom stereocenters. The van der Waals surface area contributed by atoms with Crippen molar-refractivity contribution in [1.29, 1.82) is 5.41 Å². The molecule has 0 heterocycles. The summed E-state index contributed by atoms with van der Waals surface area (Å²) in [6.45, 7) is 0.752. The molecule has 62 valence electrons. The fraction of sp³-hybridized carbons (Fsp3) is 0.833. The number of hydrogen-bond acceptors (Lipinski definition) is 2. The molecule has 4 heteroatoms. The maximum absolute atomic E-state index is 10.1. The molecule has 0 aliphatic heterocycles. The van der Waals surface area contributed by atoms with Crippen LogP contribution in [0.4, 0.5) is 0 Å². The molecule has 0 fully saturated rings. The van der Waals surface area contributed by atoms with Gasteiger partial charge in [-0.05, 0) is 5.90 Å². The highest BCUT2D eigenvalue weighted by Gasteiger charge is 2.03. The van der Waals surface area contributed by atoms with Gasteiger partial charge in [-0.25, -0.2) is 0 Å². The largest absolute Gasteiger partial charge is 0.862 e. The summed E-state index contributed by atoms with van der Waals surface area (Å²) in [4.78, 5) is 0. The number of quaternary nitrogens is 1. The molecule has 0 aromatic rings. The lowest BCUT2D eigenvalue weighted by atomic mass is 10.4. The molecule has 3 nitrogen and oxygen atoms in total. The standard InChI is InChI=1S/C6H14N2O.ClH/c1-8(2,3)5-4-6(7)9;/h4-5H2,1-3H3,(H-,7,9);1H. The summed E-state index contributed by atoms with van der Waals surface area (Å²) in [6, 6.07) is 0. The molecule has 0 aliphatic carbocycles. The van der Waals surface area contributed by atoms with Crippen LogP contribution in [0.3, 0.4) is 0 Å². The van der Waals surface area contributed by atoms with E-state index in [1.54, 1.807) is 0 Å². The minimum atomic E-state index is -0.469. The molecule has 0 rings (SSSR count). The minimum absolute atomic E-state index is 0. The van der Waals surface area contributed by atoms with Gasteiger partial charge in [-0.2, -0.15) is 0 Å². The van der Waals surface area contributed by atoms with E-state index >= 15 is 0 Å². The number of halogens is 1. The zero-order valence-corrected chi connectivity index (χ0v) is 7.49. The highest BCUT2D eigenvalue weighted by atomic mass is 35.5. The van der Waals surface area contributed by atoms with Crippen LogP contribution in [-0.4, -0.2) is 38.1 Å². The first kappa shape index (κ1) is 12.4. The third-order valence-electron chi connectivity index (χ3n) is 1.01. The fourth-order valence-electron chi connectivity index (χ4n) is 0.437. The Morgan fingerprint density at radius 2 is 1.80 bits per heavy atom. The lowest BCUT2D eigenvalue weighted by Crippen LogP contribution is -2.37. The van der Waals surface area contributed by atoms with Crippen molar-refractivity contribution >= 4 is 18.3 Å². The van der Waals surface area contributed by atoms with Gasteiger partial charge in [0.15, 0.2) is 0 Å². The second-order valence-corrected chi connectivity index (χ2v) is 3.19. The lowest BCUT2D eigenvalue weighted by molar-refractivity contribution is -0.869. The molecule has 0 atom stereocenters. The summed E-state index contributed by atoms with van der Waals surface area (Å²) in [5.41, 5.74) is 0. The average Bonchev–Trinajstić information content (AvgIpc) is 1.59. The van der Waals surface area contributed by atoms with Crippen molar-refractivity contribution in [2.75, 3.05) is 27.7 Å². The summed E-state index contributed by atoms with van der Waals surface area (Å²) in [6.07, 6.45) is 0.365. The Bertz CT molecular complexity index is 109. The molecule has 0 amide bonds. The predicted molar refractivity (Wildman–Crippen MR) is 42.5 cm³/mol. The van der Waals surface area contributed by atoms with Crippen molar-refractivity contribution in [3.8, 4) is 0 Å². The van der Waals surface area contributed by atoms with E-state index in [4.69, 9.17) is 5.41 Å². The third kappa shape index (κ3) is 10.7. The van der Waals surface area contributed by atoms with Gasteiger partial charge in [-0.15, -0.1) is 12.4 Å². The van der Waals surface area contributed by atoms with Crippen molar-refractivity contribution in [3.05, 3.63) is 0 Å². The van der Waals surface area contributed by atoms with E-state index in [2.05, 4.69) is 0 Å². The van der Waals surface area contributed by atoms with Gasteiger partial charge in [0.25, 0.3) is 0 Å². The van der Waals surface area contributed by atoms with Gasteiger partial charge >= 0.3 is 0 Å². The molecule has 0 aromatic heterocycles. The molecule has 1 N–H and O–H groups in total. The smallest absolute Gasteiger partial charge is 0.0824 e. The number of hydrogen-bond donors (Lipinski definition) is 1. The van der Waals surface area contributed by atoms with Gasteiger partial charge in [0, 0.05) is 6.42 Å². The molecule has 0 aromatic carbocycles. The van der Waals surface area contributed by atoms with Gasteiger partial charge in [0.2, 0.25) is 0 Å². The van der Waals surface area contributed by atoms with Crippen molar-refractivity contribution in [2.24, 2.45) is 0 Å². The Balaban J connectivity index is 0. The normalized spacial score (nSPS) is 10.3. The van der Waals surface area contributed by atoms with Crippen LogP contribution < -0.4 is 5.11 Å². The van der Waals surface area contributed by atoms with Gasteiger partial charge in [-0.3, -0.25) is 0 Å². The lowest BCUT2D eigenvalue weighted by Gasteiger charge is -2.24. The fourth-order valence-corrected chi connectivity index (χ4v) is 0.437. The molecule has 0 bridgehead atoms. The highest BCUT2D eigenvalue weighted by Crippen LogP contribution is 1.91. The van der Waals surface area contributed by atoms with Crippen LogP contribution in [0.1, 0.15) is 6.42 Å². The Morgan fingerprint density at radius 3 is 1.90 bits per heavy atom. The van der Waals surface area contributed by atoms with Crippen molar-refractivity contribution in [1.82, 2.24) is 0 Å². The summed E-state index contributed by atoms with van der Waals surface area (Å²) in [5.74, 6) is -0.469. The van der Waals surface area contributed by atoms with Crippen LogP contribution in [-0.2, 0) is 0 Å². The van der Waals surface area contributed by atoms with E-state index in [-0.39, 0.29) is 12.4 Å². The quantitative estimate of drug-likeness (QED) is 0.354. The van der Waals surface area contributed by atoms with E-state index in [9.17, 15) is 5.11 Å². The molecule has 0 spiro atoms. The zero-order chi connectivity index (χ0) is 7.49. The van der Waals surface area contributed by atoms with E-state index in [0.717, 1.165) is 11.0 Å². The third-order valence-corrected chi connectivity index (χ3v) is 1.01. The number of nitrogens with zero attached hydrogens (tertiary/aromatic N) is 1. The summed E-state index contributed by atoms with van der Waals surface area (Å²) in [7, 11) is 6.01. The molecule has 0 saturated carbocycles. The Hall–Kier alpha value is -0.280. The van der Waals surface area contributed by atoms with Gasteiger partial charge in [0.05, 0.1) is 27.7 Å². The van der Waals surface area contributed by atoms with Gasteiger partial charge < -0.3 is 15.0 Å². The van der Waals surface area contributed by atoms with Gasteiger partial charge in [0.1, 0.15) is 0 Å². The average molecular weight is 167 g/mol. The maximum atomic E-state index is 10.1. The first-order valence-corrected chi connectivity index (χ1v) is 2.97. The molecule has 0 saturated heterocycles. The summed E-state index contributed by atoms with van der Waals surface area (Å²) in [5, 5.41) is 16.8. The van der Waals surface area contributed by atoms with Crippen molar-refractivity contribution in [2.45, 2.75) is 6.42 Å². The monoisotopic (exact) mass is 166 g/mol. The molecular formula is C6H15ClN2O. The van der Waals surface area contributed by atoms with Crippen LogP contribution in [0.15, 0.2) is 0 Å². The van der Waals surface area contributed by atoms with E-state index in [1.165, 1.54) is 0 Å². The Kier molecular flexibility index (Phi) is 5.61. The second-order valence-electron chi connectivity index (χ2n) is 3.19. The SMILES string of the molecule is C[N+](C)(C)CCC(=N)[O-].Cl. The Labute approximate surface area is 68.2 Å². The number of nitrogens with one attached hydrogen (secondary N) is 1. The molecule has 0 radical (unpaired) electrons. The summed E-state index contributed by atoms with van der Waals surface area (Å²) < 4.78 is 0.755. The van der Waals surface area contributed by atoms with Gasteiger partial charge in [-0.1, -0.05) is 0 Å². The topological polar surface area (TPSA) is 46.9 Å². The first-order chi connectivity index (χ1) is 3.92. The molecular weight excluding hydrogens is 152 g/mol. The van der Waals surface area contributed by atoms with Crippen molar-refractivity contribution < 1.29 is 9.59 Å². The van der Waals surface area contributed by atoms with E-state index in [0.29, 0.717) is 6.42 Å². The van der Waals surface area contributed by atoms with Crippen LogP contribution >= 0.6 is 12.4 Å². The highest BCUT2D eigenvalue weighted by molar-refractivity contribution is 5.85. The number of rotatable bonds is 3. The van der Waals surface area contributed by atoms with Crippen molar-refractivity contribution in [3.63, 3.8) is 0 Å². The van der Waals surface area contributed by atoms with Crippen LogP contribution in [0.25, 0.3) is 0 Å². The van der Waals surface area contributed by atoms with E-state index < -0.39 is 5.90 Å². The molecule has 10 heavy (non-hydrogen) atoms. The second kappa shape index (κ2) is 4.52. The summed E-state index contributed by atoms with van der Waals surface area (Å²) >= 11 is 0. The predicted octanol–water partition coefficient (Wildman–Crippen LogP) is -0.158. The van der Waals surface area contributed by atoms with Crippen LogP contribution in [0, 0.1) is 5.41 Å². The minimum Gasteiger partial charge on any atom is -0.862 e. The Morgan fingerprint density at radius 1 is 1.40 bits per heavy atom. The van der Waals surface area contributed by atoms with Crippen LogP contribution in [0.2, 0.25) is 0 Å². The maximum Gasteiger partial charge on any atom is 0.0824 e. The molecule has 0 aliphatic rings. The van der Waals surface area contributed by atoms with E-state index in [1.807, 2.05) is 21.1 Å². The first-order valence-electron chi connectivity index (χ1n) is 2.97. The zero-order valence-electron chi connectivity index (χ0n) is 6.68.